The fourth-order valence-corrected chi connectivity index (χ4v) is 2.76. The van der Waals surface area contributed by atoms with E-state index in [2.05, 4.69) is 20.4 Å². The zero-order valence-electron chi connectivity index (χ0n) is 11.3. The molecule has 6 nitrogen and oxygen atoms in total. The van der Waals surface area contributed by atoms with Crippen molar-refractivity contribution in [1.82, 2.24) is 19.6 Å². The van der Waals surface area contributed by atoms with Crippen LogP contribution in [0.5, 0.6) is 0 Å². The number of fused-ring (bicyclic) bond motifs is 1. The first-order chi connectivity index (χ1) is 9.16. The molecule has 0 spiro atoms. The van der Waals surface area contributed by atoms with Crippen LogP contribution in [0, 0.1) is 6.92 Å². The number of anilines is 1. The van der Waals surface area contributed by atoms with Gasteiger partial charge in [-0.15, -0.1) is 0 Å². The summed E-state index contributed by atoms with van der Waals surface area (Å²) in [4.78, 5) is 8.45. The maximum absolute atomic E-state index is 6.44. The number of aryl methyl sites for hydroxylation is 1. The maximum Gasteiger partial charge on any atom is 0.254 e. The van der Waals surface area contributed by atoms with Crippen LogP contribution in [0.4, 0.5) is 5.82 Å². The molecule has 1 aliphatic rings. The van der Waals surface area contributed by atoms with Crippen LogP contribution in [0.3, 0.4) is 0 Å². The predicted molar refractivity (Wildman–Crippen MR) is 74.0 cm³/mol. The maximum atomic E-state index is 6.44. The Kier molecular flexibility index (Phi) is 3.10. The predicted octanol–water partition coefficient (Wildman–Crippen LogP) is 1.51. The molecule has 3 rings (SSSR count). The largest absolute Gasteiger partial charge is 0.368 e. The average Bonchev–Trinajstić information content (AvgIpc) is 2.85. The molecule has 0 bridgehead atoms. The molecule has 1 aliphatic carbocycles. The molecule has 2 aromatic heterocycles. The Morgan fingerprint density at radius 3 is 2.95 bits per heavy atom. The minimum atomic E-state index is -0.0949. The van der Waals surface area contributed by atoms with Crippen LogP contribution in [0.1, 0.15) is 37.8 Å². The Morgan fingerprint density at radius 1 is 1.37 bits per heavy atom. The minimum absolute atomic E-state index is 0.0949. The molecule has 2 aromatic rings. The van der Waals surface area contributed by atoms with E-state index in [4.69, 9.17) is 5.73 Å². The van der Waals surface area contributed by atoms with Crippen molar-refractivity contribution in [2.45, 2.75) is 44.6 Å². The van der Waals surface area contributed by atoms with Crippen molar-refractivity contribution in [3.63, 3.8) is 0 Å². The summed E-state index contributed by atoms with van der Waals surface area (Å²) in [5, 5.41) is 7.61. The normalized spacial score (nSPS) is 18.6. The van der Waals surface area contributed by atoms with Crippen LogP contribution in [0.25, 0.3) is 5.78 Å². The Balaban J connectivity index is 1.79. The highest BCUT2D eigenvalue weighted by Gasteiger charge is 2.27. The third-order valence-corrected chi connectivity index (χ3v) is 3.85. The summed E-state index contributed by atoms with van der Waals surface area (Å²) in [7, 11) is 0. The highest BCUT2D eigenvalue weighted by Crippen LogP contribution is 2.26. The van der Waals surface area contributed by atoms with E-state index >= 15 is 0 Å². The standard InChI is InChI=1S/C13H20N6/c1-10-7-11(19-12(18-10)16-9-17-19)15-8-13(14)5-3-2-4-6-13/h7,9,15H,2-6,8,14H2,1H3. The second kappa shape index (κ2) is 4.77. The number of rotatable bonds is 3. The molecule has 0 aromatic carbocycles. The van der Waals surface area contributed by atoms with Gasteiger partial charge in [-0.2, -0.15) is 14.6 Å². The highest BCUT2D eigenvalue weighted by atomic mass is 15.4. The molecule has 1 saturated carbocycles. The molecule has 0 amide bonds. The number of hydrogen-bond donors (Lipinski definition) is 2. The van der Waals surface area contributed by atoms with Crippen LogP contribution in [-0.4, -0.2) is 31.7 Å². The highest BCUT2D eigenvalue weighted by molar-refractivity contribution is 5.45. The van der Waals surface area contributed by atoms with Crippen molar-refractivity contribution in [3.05, 3.63) is 18.1 Å². The molecular weight excluding hydrogens is 240 g/mol. The summed E-state index contributed by atoms with van der Waals surface area (Å²) in [5.74, 6) is 1.53. The van der Waals surface area contributed by atoms with Gasteiger partial charge in [-0.25, -0.2) is 4.98 Å². The van der Waals surface area contributed by atoms with Crippen LogP contribution < -0.4 is 11.1 Å². The van der Waals surface area contributed by atoms with E-state index in [1.54, 1.807) is 4.52 Å². The van der Waals surface area contributed by atoms with Crippen LogP contribution in [0.2, 0.25) is 0 Å². The second-order valence-corrected chi connectivity index (χ2v) is 5.53. The van der Waals surface area contributed by atoms with E-state index in [0.717, 1.165) is 30.9 Å². The average molecular weight is 260 g/mol. The van der Waals surface area contributed by atoms with Crippen LogP contribution in [-0.2, 0) is 0 Å². The molecule has 0 atom stereocenters. The third kappa shape index (κ3) is 2.53. The Hall–Kier alpha value is -1.69. The zero-order valence-corrected chi connectivity index (χ0v) is 11.3. The van der Waals surface area contributed by atoms with Gasteiger partial charge in [0.15, 0.2) is 0 Å². The lowest BCUT2D eigenvalue weighted by Gasteiger charge is -2.33. The minimum Gasteiger partial charge on any atom is -0.368 e. The summed E-state index contributed by atoms with van der Waals surface area (Å²) >= 11 is 0. The van der Waals surface area contributed by atoms with Gasteiger partial charge in [0.2, 0.25) is 0 Å². The molecule has 6 heteroatoms. The van der Waals surface area contributed by atoms with Crippen molar-refractivity contribution >= 4 is 11.6 Å². The first-order valence-electron chi connectivity index (χ1n) is 6.86. The van der Waals surface area contributed by atoms with E-state index in [0.29, 0.717) is 5.78 Å². The Bertz CT molecular complexity index is 570. The third-order valence-electron chi connectivity index (χ3n) is 3.85. The SMILES string of the molecule is Cc1cc(NCC2(N)CCCCC2)n2ncnc2n1. The summed E-state index contributed by atoms with van der Waals surface area (Å²) in [5.41, 5.74) is 7.27. The van der Waals surface area contributed by atoms with Crippen molar-refractivity contribution in [2.75, 3.05) is 11.9 Å². The van der Waals surface area contributed by atoms with Crippen LogP contribution >= 0.6 is 0 Å². The van der Waals surface area contributed by atoms with Gasteiger partial charge in [0.25, 0.3) is 5.78 Å². The van der Waals surface area contributed by atoms with E-state index in [1.165, 1.54) is 25.6 Å². The van der Waals surface area contributed by atoms with Gasteiger partial charge in [-0.1, -0.05) is 19.3 Å². The number of aromatic nitrogens is 4. The van der Waals surface area contributed by atoms with E-state index in [-0.39, 0.29) is 5.54 Å². The summed E-state index contributed by atoms with van der Waals surface area (Å²) < 4.78 is 1.72. The molecule has 102 valence electrons. The lowest BCUT2D eigenvalue weighted by Crippen LogP contribution is -2.47. The number of nitrogens with two attached hydrogens (primary N) is 1. The zero-order chi connectivity index (χ0) is 13.3. The van der Waals surface area contributed by atoms with Gasteiger partial charge in [0, 0.05) is 23.8 Å². The summed E-state index contributed by atoms with van der Waals surface area (Å²) in [6, 6.07) is 1.98. The smallest absolute Gasteiger partial charge is 0.254 e. The lowest BCUT2D eigenvalue weighted by molar-refractivity contribution is 0.311. The lowest BCUT2D eigenvalue weighted by atomic mass is 9.82. The fraction of sp³-hybridized carbons (Fsp3) is 0.615. The molecule has 3 N–H and O–H groups in total. The van der Waals surface area contributed by atoms with E-state index < -0.39 is 0 Å². The molecule has 0 unspecified atom stereocenters. The van der Waals surface area contributed by atoms with Gasteiger partial charge in [0.1, 0.15) is 12.1 Å². The Morgan fingerprint density at radius 2 is 2.16 bits per heavy atom. The van der Waals surface area contributed by atoms with Gasteiger partial charge in [-0.05, 0) is 19.8 Å². The van der Waals surface area contributed by atoms with Crippen LogP contribution in [0.15, 0.2) is 12.4 Å². The molecule has 2 heterocycles. The van der Waals surface area contributed by atoms with Gasteiger partial charge >= 0.3 is 0 Å². The molecule has 0 aliphatic heterocycles. The summed E-state index contributed by atoms with van der Waals surface area (Å²) in [6.45, 7) is 2.73. The van der Waals surface area contributed by atoms with Crippen molar-refractivity contribution < 1.29 is 0 Å². The summed E-state index contributed by atoms with van der Waals surface area (Å²) in [6.07, 6.45) is 7.46. The first-order valence-corrected chi connectivity index (χ1v) is 6.86. The molecule has 19 heavy (non-hydrogen) atoms. The Labute approximate surface area is 112 Å². The number of hydrogen-bond acceptors (Lipinski definition) is 5. The number of nitrogens with one attached hydrogen (secondary N) is 1. The van der Waals surface area contributed by atoms with Gasteiger partial charge < -0.3 is 11.1 Å². The second-order valence-electron chi connectivity index (χ2n) is 5.53. The topological polar surface area (TPSA) is 81.1 Å². The van der Waals surface area contributed by atoms with Crippen molar-refractivity contribution in [1.29, 1.82) is 0 Å². The molecule has 0 saturated heterocycles. The molecular formula is C13H20N6. The van der Waals surface area contributed by atoms with Crippen molar-refractivity contribution in [2.24, 2.45) is 5.73 Å². The van der Waals surface area contributed by atoms with E-state index in [1.807, 2.05) is 13.0 Å². The fourth-order valence-electron chi connectivity index (χ4n) is 2.76. The first kappa shape index (κ1) is 12.3. The van der Waals surface area contributed by atoms with Gasteiger partial charge in [0.05, 0.1) is 0 Å². The molecule has 0 radical (unpaired) electrons. The monoisotopic (exact) mass is 260 g/mol. The van der Waals surface area contributed by atoms with Gasteiger partial charge in [-0.3, -0.25) is 0 Å². The number of nitrogens with zero attached hydrogens (tertiary/aromatic N) is 4. The quantitative estimate of drug-likeness (QED) is 0.874. The molecule has 1 fully saturated rings. The van der Waals surface area contributed by atoms with Crippen molar-refractivity contribution in [3.8, 4) is 0 Å². The van der Waals surface area contributed by atoms with E-state index in [9.17, 15) is 0 Å².